The topological polar surface area (TPSA) is 55.1 Å². The van der Waals surface area contributed by atoms with E-state index < -0.39 is 0 Å². The van der Waals surface area contributed by atoms with Gasteiger partial charge in [-0.05, 0) is 49.4 Å². The fraction of sp³-hybridized carbons (Fsp3) is 0.533. The second-order valence-electron chi connectivity index (χ2n) is 5.65. The van der Waals surface area contributed by atoms with Gasteiger partial charge in [0.1, 0.15) is 0 Å². The molecule has 20 heavy (non-hydrogen) atoms. The minimum absolute atomic E-state index is 0.0854. The number of amides is 1. The highest BCUT2D eigenvalue weighted by atomic mass is 35.5. The lowest BCUT2D eigenvalue weighted by Gasteiger charge is -2.27. The Morgan fingerprint density at radius 3 is 2.95 bits per heavy atom. The van der Waals surface area contributed by atoms with Gasteiger partial charge < -0.3 is 11.1 Å². The van der Waals surface area contributed by atoms with Crippen LogP contribution in [0.2, 0.25) is 5.02 Å². The molecule has 5 heteroatoms. The van der Waals surface area contributed by atoms with E-state index >= 15 is 0 Å². The third-order valence-corrected chi connectivity index (χ3v) is 5.53. The molecule has 2 aliphatic rings. The molecule has 0 spiro atoms. The van der Waals surface area contributed by atoms with Gasteiger partial charge >= 0.3 is 0 Å². The van der Waals surface area contributed by atoms with Crippen LogP contribution >= 0.6 is 23.4 Å². The van der Waals surface area contributed by atoms with E-state index in [1.165, 1.54) is 4.90 Å². The first-order chi connectivity index (χ1) is 9.63. The zero-order chi connectivity index (χ0) is 14.1. The Bertz CT molecular complexity index is 523. The molecule has 108 valence electrons. The number of rotatable bonds is 2. The number of hydrogen-bond acceptors (Lipinski definition) is 3. The average molecular weight is 311 g/mol. The van der Waals surface area contributed by atoms with Crippen molar-refractivity contribution < 1.29 is 4.79 Å². The van der Waals surface area contributed by atoms with Crippen LogP contribution < -0.4 is 11.1 Å². The van der Waals surface area contributed by atoms with E-state index in [0.717, 1.165) is 42.0 Å². The highest BCUT2D eigenvalue weighted by Crippen LogP contribution is 2.38. The number of fused-ring (bicyclic) bond motifs is 1. The number of nitrogens with two attached hydrogens (primary N) is 1. The van der Waals surface area contributed by atoms with Gasteiger partial charge in [0.25, 0.3) is 0 Å². The monoisotopic (exact) mass is 310 g/mol. The minimum atomic E-state index is 0.0854. The molecule has 0 aromatic heterocycles. The number of benzene rings is 1. The summed E-state index contributed by atoms with van der Waals surface area (Å²) in [6, 6.07) is 6.22. The molecule has 1 saturated carbocycles. The molecule has 0 bridgehead atoms. The highest BCUT2D eigenvalue weighted by Gasteiger charge is 2.30. The molecule has 0 saturated heterocycles. The maximum absolute atomic E-state index is 12.3. The van der Waals surface area contributed by atoms with Gasteiger partial charge in [0.05, 0.1) is 6.04 Å². The fourth-order valence-electron chi connectivity index (χ4n) is 3.06. The molecule has 3 nitrogen and oxygen atoms in total. The van der Waals surface area contributed by atoms with Crippen molar-refractivity contribution in [2.75, 3.05) is 5.75 Å². The first-order valence-corrected chi connectivity index (χ1v) is 8.48. The van der Waals surface area contributed by atoms with Gasteiger partial charge in [-0.15, -0.1) is 11.8 Å². The maximum Gasteiger partial charge on any atom is 0.223 e. The first-order valence-electron chi connectivity index (χ1n) is 7.11. The molecule has 3 rings (SSSR count). The van der Waals surface area contributed by atoms with Crippen molar-refractivity contribution in [3.8, 4) is 0 Å². The van der Waals surface area contributed by atoms with E-state index in [2.05, 4.69) is 5.32 Å². The quantitative estimate of drug-likeness (QED) is 0.882. The summed E-state index contributed by atoms with van der Waals surface area (Å²) < 4.78 is 0. The third kappa shape index (κ3) is 2.97. The summed E-state index contributed by atoms with van der Waals surface area (Å²) in [6.07, 6.45) is 3.65. The van der Waals surface area contributed by atoms with Crippen molar-refractivity contribution in [3.05, 3.63) is 28.8 Å². The Kier molecular flexibility index (Phi) is 4.24. The maximum atomic E-state index is 12.3. The van der Waals surface area contributed by atoms with E-state index in [0.29, 0.717) is 0 Å². The van der Waals surface area contributed by atoms with Crippen molar-refractivity contribution in [1.82, 2.24) is 5.32 Å². The lowest BCUT2D eigenvalue weighted by molar-refractivity contribution is -0.125. The number of carbonyl (C=O) groups is 1. The summed E-state index contributed by atoms with van der Waals surface area (Å²) in [5.41, 5.74) is 7.05. The normalized spacial score (nSPS) is 29.0. The zero-order valence-corrected chi connectivity index (χ0v) is 12.8. The summed E-state index contributed by atoms with van der Waals surface area (Å²) in [7, 11) is 0. The van der Waals surface area contributed by atoms with Crippen molar-refractivity contribution >= 4 is 29.3 Å². The van der Waals surface area contributed by atoms with Crippen molar-refractivity contribution in [2.24, 2.45) is 11.7 Å². The number of carbonyl (C=O) groups excluding carboxylic acids is 1. The van der Waals surface area contributed by atoms with Crippen LogP contribution in [0.1, 0.15) is 37.3 Å². The number of halogens is 1. The Balaban J connectivity index is 1.73. The summed E-state index contributed by atoms with van der Waals surface area (Å²) in [5.74, 6) is 1.27. The Labute approximate surface area is 128 Å². The van der Waals surface area contributed by atoms with Crippen LogP contribution in [0.5, 0.6) is 0 Å². The van der Waals surface area contributed by atoms with Crippen LogP contribution in [0.25, 0.3) is 0 Å². The standard InChI is InChI=1S/C15H19ClN2OS/c16-10-2-4-14-12(8-10)13(5-6-20-14)18-15(19)9-1-3-11(17)7-9/h2,4,8-9,11,13H,1,3,5-7,17H2,(H,18,19). The molecule has 1 amide bonds. The van der Waals surface area contributed by atoms with Crippen LogP contribution in [0, 0.1) is 5.92 Å². The van der Waals surface area contributed by atoms with Gasteiger partial charge in [0, 0.05) is 27.6 Å². The van der Waals surface area contributed by atoms with E-state index in [-0.39, 0.29) is 23.9 Å². The number of nitrogens with one attached hydrogen (secondary N) is 1. The van der Waals surface area contributed by atoms with Crippen LogP contribution in [-0.2, 0) is 4.79 Å². The first kappa shape index (κ1) is 14.2. The second-order valence-corrected chi connectivity index (χ2v) is 7.22. The molecule has 3 unspecified atom stereocenters. The lowest BCUT2D eigenvalue weighted by Crippen LogP contribution is -2.35. The van der Waals surface area contributed by atoms with E-state index in [1.807, 2.05) is 30.0 Å². The largest absolute Gasteiger partial charge is 0.349 e. The third-order valence-electron chi connectivity index (χ3n) is 4.17. The molecule has 1 aromatic rings. The number of thioether (sulfide) groups is 1. The Hall–Kier alpha value is -0.710. The molecule has 3 atom stereocenters. The van der Waals surface area contributed by atoms with Crippen molar-refractivity contribution in [3.63, 3.8) is 0 Å². The molecular weight excluding hydrogens is 292 g/mol. The van der Waals surface area contributed by atoms with Gasteiger partial charge in [0.2, 0.25) is 5.91 Å². The van der Waals surface area contributed by atoms with Crippen molar-refractivity contribution in [2.45, 2.75) is 42.7 Å². The Morgan fingerprint density at radius 2 is 2.20 bits per heavy atom. The molecule has 3 N–H and O–H groups in total. The van der Waals surface area contributed by atoms with Crippen LogP contribution in [0.3, 0.4) is 0 Å². The molecule has 1 aliphatic heterocycles. The summed E-state index contributed by atoms with van der Waals surface area (Å²) in [4.78, 5) is 13.6. The number of hydrogen-bond donors (Lipinski definition) is 2. The van der Waals surface area contributed by atoms with Crippen LogP contribution in [0.4, 0.5) is 0 Å². The predicted molar refractivity (Wildman–Crippen MR) is 83.0 cm³/mol. The second kappa shape index (κ2) is 5.96. The smallest absolute Gasteiger partial charge is 0.223 e. The Morgan fingerprint density at radius 1 is 1.35 bits per heavy atom. The highest BCUT2D eigenvalue weighted by molar-refractivity contribution is 7.99. The van der Waals surface area contributed by atoms with Gasteiger partial charge in [0.15, 0.2) is 0 Å². The zero-order valence-electron chi connectivity index (χ0n) is 11.3. The van der Waals surface area contributed by atoms with E-state index in [4.69, 9.17) is 17.3 Å². The molecule has 1 aromatic carbocycles. The summed E-state index contributed by atoms with van der Waals surface area (Å²) >= 11 is 7.92. The van der Waals surface area contributed by atoms with Crippen LogP contribution in [0.15, 0.2) is 23.1 Å². The van der Waals surface area contributed by atoms with Gasteiger partial charge in [-0.3, -0.25) is 4.79 Å². The van der Waals surface area contributed by atoms with Gasteiger partial charge in [-0.25, -0.2) is 0 Å². The summed E-state index contributed by atoms with van der Waals surface area (Å²) in [5, 5.41) is 3.93. The van der Waals surface area contributed by atoms with Gasteiger partial charge in [-0.2, -0.15) is 0 Å². The molecule has 1 aliphatic carbocycles. The fourth-order valence-corrected chi connectivity index (χ4v) is 4.35. The lowest BCUT2D eigenvalue weighted by atomic mass is 10.0. The van der Waals surface area contributed by atoms with Gasteiger partial charge in [-0.1, -0.05) is 11.6 Å². The average Bonchev–Trinajstić information content (AvgIpc) is 2.86. The molecule has 1 heterocycles. The minimum Gasteiger partial charge on any atom is -0.349 e. The predicted octanol–water partition coefficient (Wildman–Crippen LogP) is 3.12. The van der Waals surface area contributed by atoms with Crippen molar-refractivity contribution in [1.29, 1.82) is 0 Å². The molecular formula is C15H19ClN2OS. The van der Waals surface area contributed by atoms with E-state index in [9.17, 15) is 4.79 Å². The SMILES string of the molecule is NC1CCC(C(=O)NC2CCSc3ccc(Cl)cc32)C1. The summed E-state index contributed by atoms with van der Waals surface area (Å²) in [6.45, 7) is 0. The van der Waals surface area contributed by atoms with Crippen LogP contribution in [-0.4, -0.2) is 17.7 Å². The molecule has 1 fully saturated rings. The van der Waals surface area contributed by atoms with E-state index in [1.54, 1.807) is 0 Å². The molecule has 0 radical (unpaired) electrons.